The minimum atomic E-state index is -0.449. The summed E-state index contributed by atoms with van der Waals surface area (Å²) in [5.41, 5.74) is 5.11. The first kappa shape index (κ1) is 16.3. The van der Waals surface area contributed by atoms with Crippen molar-refractivity contribution < 1.29 is 9.21 Å². The molecule has 3 aromatic carbocycles. The number of aromatic nitrogens is 1. The third-order valence-corrected chi connectivity index (χ3v) is 4.28. The third kappa shape index (κ3) is 3.44. The quantitative estimate of drug-likeness (QED) is 0.329. The predicted octanol–water partition coefficient (Wildman–Crippen LogP) is 6.04. The van der Waals surface area contributed by atoms with E-state index in [1.165, 1.54) is 0 Å². The molecule has 0 aliphatic carbocycles. The summed E-state index contributed by atoms with van der Waals surface area (Å²) >= 11 is 5.45. The highest BCUT2D eigenvalue weighted by molar-refractivity contribution is 6.67. The van der Waals surface area contributed by atoms with Crippen molar-refractivity contribution >= 4 is 40.1 Å². The molecule has 0 radical (unpaired) electrons. The van der Waals surface area contributed by atoms with Crippen LogP contribution in [-0.2, 0) is 0 Å². The monoisotopic (exact) mass is 359 g/mol. The maximum atomic E-state index is 11.1. The van der Waals surface area contributed by atoms with Crippen LogP contribution in [0.25, 0.3) is 34.7 Å². The van der Waals surface area contributed by atoms with Gasteiger partial charge < -0.3 is 4.42 Å². The highest BCUT2D eigenvalue weighted by Crippen LogP contribution is 2.24. The van der Waals surface area contributed by atoms with Gasteiger partial charge in [0, 0.05) is 11.1 Å². The van der Waals surface area contributed by atoms with Crippen LogP contribution in [-0.4, -0.2) is 10.2 Å². The summed E-state index contributed by atoms with van der Waals surface area (Å²) in [6, 6.07) is 22.9. The number of benzene rings is 3. The number of carbonyl (C=O) groups is 1. The van der Waals surface area contributed by atoms with E-state index in [0.717, 1.165) is 27.8 Å². The number of carbonyl (C=O) groups excluding carboxylic acids is 1. The van der Waals surface area contributed by atoms with E-state index in [2.05, 4.69) is 4.98 Å². The number of para-hydroxylation sites is 2. The molecular weight excluding hydrogens is 346 g/mol. The van der Waals surface area contributed by atoms with Crippen molar-refractivity contribution in [1.82, 2.24) is 4.98 Å². The van der Waals surface area contributed by atoms with Crippen LogP contribution in [0.15, 0.2) is 77.2 Å². The number of oxazole rings is 1. The van der Waals surface area contributed by atoms with Gasteiger partial charge in [0.25, 0.3) is 5.24 Å². The van der Waals surface area contributed by atoms with Crippen LogP contribution in [0, 0.1) is 0 Å². The van der Waals surface area contributed by atoms with E-state index in [9.17, 15) is 4.79 Å². The second-order valence-corrected chi connectivity index (χ2v) is 6.18. The maximum Gasteiger partial charge on any atom is 0.252 e. The van der Waals surface area contributed by atoms with Gasteiger partial charge in [-0.25, -0.2) is 4.98 Å². The van der Waals surface area contributed by atoms with E-state index in [4.69, 9.17) is 16.0 Å². The first-order valence-electron chi connectivity index (χ1n) is 8.13. The van der Waals surface area contributed by atoms with Crippen molar-refractivity contribution in [3.8, 4) is 11.5 Å². The average molecular weight is 360 g/mol. The fourth-order valence-corrected chi connectivity index (χ4v) is 2.78. The normalized spacial score (nSPS) is 11.3. The Balaban J connectivity index is 1.52. The predicted molar refractivity (Wildman–Crippen MR) is 105 cm³/mol. The maximum absolute atomic E-state index is 11.1. The van der Waals surface area contributed by atoms with E-state index in [1.807, 2.05) is 72.8 Å². The summed E-state index contributed by atoms with van der Waals surface area (Å²) in [4.78, 5) is 15.6. The van der Waals surface area contributed by atoms with Gasteiger partial charge in [-0.15, -0.1) is 0 Å². The van der Waals surface area contributed by atoms with E-state index in [-0.39, 0.29) is 0 Å². The van der Waals surface area contributed by atoms with E-state index in [0.29, 0.717) is 11.5 Å². The van der Waals surface area contributed by atoms with Gasteiger partial charge in [0.05, 0.1) is 0 Å². The number of rotatable bonds is 4. The Labute approximate surface area is 155 Å². The molecule has 0 bridgehead atoms. The van der Waals surface area contributed by atoms with Crippen LogP contribution in [0.2, 0.25) is 0 Å². The van der Waals surface area contributed by atoms with E-state index in [1.54, 1.807) is 12.1 Å². The van der Waals surface area contributed by atoms with Crippen LogP contribution in [0.1, 0.15) is 21.5 Å². The van der Waals surface area contributed by atoms with Crippen LogP contribution in [0.4, 0.5) is 0 Å². The van der Waals surface area contributed by atoms with Gasteiger partial charge in [-0.2, -0.15) is 0 Å². The van der Waals surface area contributed by atoms with Crippen molar-refractivity contribution in [3.63, 3.8) is 0 Å². The van der Waals surface area contributed by atoms with Crippen molar-refractivity contribution in [3.05, 3.63) is 89.5 Å². The lowest BCUT2D eigenvalue weighted by molar-refractivity contribution is 0.108. The Morgan fingerprint density at radius 1 is 0.846 bits per heavy atom. The molecule has 126 valence electrons. The highest BCUT2D eigenvalue weighted by Gasteiger charge is 2.07. The number of halogens is 1. The standard InChI is InChI=1S/C22H14ClNO2/c23-21(25)17-11-7-15(8-12-17)5-6-16-9-13-18(14-10-16)22-24-19-3-1-2-4-20(19)26-22/h1-14H. The number of fused-ring (bicyclic) bond motifs is 1. The minimum Gasteiger partial charge on any atom is -0.436 e. The molecule has 0 saturated heterocycles. The summed E-state index contributed by atoms with van der Waals surface area (Å²) in [5, 5.41) is -0.449. The zero-order valence-corrected chi connectivity index (χ0v) is 14.5. The highest BCUT2D eigenvalue weighted by atomic mass is 35.5. The van der Waals surface area contributed by atoms with Gasteiger partial charge in [-0.05, 0) is 59.1 Å². The fourth-order valence-electron chi connectivity index (χ4n) is 2.65. The van der Waals surface area contributed by atoms with Gasteiger partial charge in [-0.3, -0.25) is 4.79 Å². The molecule has 0 unspecified atom stereocenters. The second kappa shape index (κ2) is 6.98. The molecule has 1 aromatic heterocycles. The van der Waals surface area contributed by atoms with Crippen molar-refractivity contribution in [2.45, 2.75) is 0 Å². The zero-order chi connectivity index (χ0) is 17.9. The molecule has 1 heterocycles. The van der Waals surface area contributed by atoms with E-state index < -0.39 is 5.24 Å². The smallest absolute Gasteiger partial charge is 0.252 e. The Morgan fingerprint density at radius 3 is 2.08 bits per heavy atom. The van der Waals surface area contributed by atoms with Crippen molar-refractivity contribution in [2.24, 2.45) is 0 Å². The summed E-state index contributed by atoms with van der Waals surface area (Å²) in [5.74, 6) is 0.614. The summed E-state index contributed by atoms with van der Waals surface area (Å²) in [6.45, 7) is 0. The van der Waals surface area contributed by atoms with Crippen LogP contribution in [0.3, 0.4) is 0 Å². The molecule has 4 heteroatoms. The lowest BCUT2D eigenvalue weighted by Gasteiger charge is -1.98. The molecule has 3 nitrogen and oxygen atoms in total. The fraction of sp³-hybridized carbons (Fsp3) is 0. The van der Waals surface area contributed by atoms with Crippen molar-refractivity contribution in [1.29, 1.82) is 0 Å². The summed E-state index contributed by atoms with van der Waals surface area (Å²) in [7, 11) is 0. The lowest BCUT2D eigenvalue weighted by Crippen LogP contribution is -1.87. The van der Waals surface area contributed by atoms with Gasteiger partial charge in [0.2, 0.25) is 5.89 Å². The Hall–Kier alpha value is -3.17. The van der Waals surface area contributed by atoms with Gasteiger partial charge in [-0.1, -0.05) is 48.6 Å². The van der Waals surface area contributed by atoms with E-state index >= 15 is 0 Å². The topological polar surface area (TPSA) is 43.1 Å². The molecule has 4 aromatic rings. The molecule has 0 aliphatic heterocycles. The first-order chi connectivity index (χ1) is 12.7. The molecule has 0 amide bonds. The van der Waals surface area contributed by atoms with Gasteiger partial charge in [0.15, 0.2) is 5.58 Å². The van der Waals surface area contributed by atoms with Gasteiger partial charge in [0.1, 0.15) is 5.52 Å². The summed E-state index contributed by atoms with van der Waals surface area (Å²) < 4.78 is 5.79. The van der Waals surface area contributed by atoms with Gasteiger partial charge >= 0.3 is 0 Å². The average Bonchev–Trinajstić information content (AvgIpc) is 3.11. The SMILES string of the molecule is O=C(Cl)c1ccc(C=Cc2ccc(-c3nc4ccccc4o3)cc2)cc1. The molecule has 26 heavy (non-hydrogen) atoms. The lowest BCUT2D eigenvalue weighted by atomic mass is 10.1. The number of hydrogen-bond donors (Lipinski definition) is 0. The zero-order valence-electron chi connectivity index (χ0n) is 13.7. The Morgan fingerprint density at radius 2 is 1.46 bits per heavy atom. The third-order valence-electron chi connectivity index (χ3n) is 4.06. The van der Waals surface area contributed by atoms with Crippen molar-refractivity contribution in [2.75, 3.05) is 0 Å². The minimum absolute atomic E-state index is 0.449. The molecule has 4 rings (SSSR count). The molecule has 0 N–H and O–H groups in total. The second-order valence-electron chi connectivity index (χ2n) is 5.84. The molecule has 0 aliphatic rings. The molecule has 0 atom stereocenters. The van der Waals surface area contributed by atoms with Crippen LogP contribution >= 0.6 is 11.6 Å². The largest absolute Gasteiger partial charge is 0.436 e. The number of hydrogen-bond acceptors (Lipinski definition) is 3. The Bertz CT molecular complexity index is 1060. The number of nitrogens with zero attached hydrogens (tertiary/aromatic N) is 1. The summed E-state index contributed by atoms with van der Waals surface area (Å²) in [6.07, 6.45) is 3.99. The Kier molecular flexibility index (Phi) is 4.38. The molecule has 0 fully saturated rings. The molecule has 0 spiro atoms. The first-order valence-corrected chi connectivity index (χ1v) is 8.51. The van der Waals surface area contributed by atoms with Crippen LogP contribution in [0.5, 0.6) is 0 Å². The molecule has 0 saturated carbocycles. The molecular formula is C22H14ClNO2. The van der Waals surface area contributed by atoms with Crippen LogP contribution < -0.4 is 0 Å².